The third-order valence-corrected chi connectivity index (χ3v) is 4.69. The van der Waals surface area contributed by atoms with E-state index in [4.69, 9.17) is 9.47 Å². The molecule has 0 unspecified atom stereocenters. The second-order valence-corrected chi connectivity index (χ2v) is 6.87. The van der Waals surface area contributed by atoms with Crippen LogP contribution >= 0.6 is 11.3 Å². The predicted molar refractivity (Wildman–Crippen MR) is 111 cm³/mol. The molecule has 0 fully saturated rings. The summed E-state index contributed by atoms with van der Waals surface area (Å²) in [6.07, 6.45) is 0. The molecule has 0 saturated carbocycles. The van der Waals surface area contributed by atoms with Crippen molar-refractivity contribution in [3.63, 3.8) is 0 Å². The van der Waals surface area contributed by atoms with Crippen LogP contribution in [-0.2, 0) is 4.79 Å². The van der Waals surface area contributed by atoms with Crippen molar-refractivity contribution in [2.75, 3.05) is 17.7 Å². The normalized spacial score (nSPS) is 10.1. The van der Waals surface area contributed by atoms with Gasteiger partial charge < -0.3 is 20.1 Å². The van der Waals surface area contributed by atoms with E-state index in [1.54, 1.807) is 30.3 Å². The van der Waals surface area contributed by atoms with Crippen molar-refractivity contribution >= 4 is 40.5 Å². The predicted octanol–water partition coefficient (Wildman–Crippen LogP) is 4.19. The molecule has 1 aromatic heterocycles. The minimum atomic E-state index is -0.480. The molecule has 2 N–H and O–H groups in total. The van der Waals surface area contributed by atoms with Gasteiger partial charge in [0, 0.05) is 23.9 Å². The number of hydrogen-bond acceptors (Lipinski definition) is 6. The number of thiophene rings is 1. The Bertz CT molecular complexity index is 1030. The van der Waals surface area contributed by atoms with Crippen molar-refractivity contribution in [1.82, 2.24) is 0 Å². The molecule has 7 nitrogen and oxygen atoms in total. The Balaban J connectivity index is 1.66. The smallest absolute Gasteiger partial charge is 0.308 e. The summed E-state index contributed by atoms with van der Waals surface area (Å²) in [6, 6.07) is 14.9. The van der Waals surface area contributed by atoms with Gasteiger partial charge in [-0.3, -0.25) is 14.4 Å². The van der Waals surface area contributed by atoms with Gasteiger partial charge in [-0.1, -0.05) is 6.07 Å². The van der Waals surface area contributed by atoms with Gasteiger partial charge in [-0.05, 0) is 53.9 Å². The SMILES string of the molecule is COc1cc(C(=O)Nc2ccc(NC(=O)c3cccs3)cc2)ccc1OC(C)=O. The number of carbonyl (C=O) groups is 3. The Hall–Kier alpha value is -3.65. The quantitative estimate of drug-likeness (QED) is 0.470. The fraction of sp³-hybridized carbons (Fsp3) is 0.0952. The van der Waals surface area contributed by atoms with Crippen LogP contribution < -0.4 is 20.1 Å². The van der Waals surface area contributed by atoms with Gasteiger partial charge in [0.15, 0.2) is 11.5 Å². The first-order valence-corrected chi connectivity index (χ1v) is 9.47. The third kappa shape index (κ3) is 5.20. The number of esters is 1. The Labute approximate surface area is 171 Å². The standard InChI is InChI=1S/C21H18N2O5S/c1-13(24)28-17-10-5-14(12-18(17)27-2)20(25)22-15-6-8-16(9-7-15)23-21(26)19-4-3-11-29-19/h3-12H,1-2H3,(H,22,25)(H,23,26). The first kappa shape index (κ1) is 20.1. The first-order chi connectivity index (χ1) is 14.0. The molecule has 2 amide bonds. The van der Waals surface area contributed by atoms with Gasteiger partial charge >= 0.3 is 5.97 Å². The van der Waals surface area contributed by atoms with Crippen molar-refractivity contribution in [3.05, 3.63) is 70.4 Å². The topological polar surface area (TPSA) is 93.7 Å². The maximum absolute atomic E-state index is 12.5. The van der Waals surface area contributed by atoms with E-state index in [0.717, 1.165) is 0 Å². The summed E-state index contributed by atoms with van der Waals surface area (Å²) in [6.45, 7) is 1.28. The molecule has 0 aliphatic heterocycles. The Kier molecular flexibility index (Phi) is 6.25. The van der Waals surface area contributed by atoms with Gasteiger partial charge in [-0.25, -0.2) is 0 Å². The molecular formula is C21H18N2O5S. The van der Waals surface area contributed by atoms with Crippen LogP contribution in [0.3, 0.4) is 0 Å². The third-order valence-electron chi connectivity index (χ3n) is 3.83. The van der Waals surface area contributed by atoms with E-state index in [2.05, 4.69) is 10.6 Å². The highest BCUT2D eigenvalue weighted by atomic mass is 32.1. The van der Waals surface area contributed by atoms with Gasteiger partial charge in [-0.15, -0.1) is 11.3 Å². The van der Waals surface area contributed by atoms with Crippen LogP contribution in [-0.4, -0.2) is 24.9 Å². The van der Waals surface area contributed by atoms with Gasteiger partial charge in [0.1, 0.15) is 0 Å². The van der Waals surface area contributed by atoms with Crippen LogP contribution in [0.4, 0.5) is 11.4 Å². The lowest BCUT2D eigenvalue weighted by Gasteiger charge is -2.11. The van der Waals surface area contributed by atoms with Gasteiger partial charge in [0.05, 0.1) is 12.0 Å². The number of hydrogen-bond donors (Lipinski definition) is 2. The summed E-state index contributed by atoms with van der Waals surface area (Å²) in [4.78, 5) is 36.3. The summed E-state index contributed by atoms with van der Waals surface area (Å²) in [7, 11) is 1.42. The largest absolute Gasteiger partial charge is 0.493 e. The number of amides is 2. The highest BCUT2D eigenvalue weighted by Gasteiger charge is 2.13. The summed E-state index contributed by atoms with van der Waals surface area (Å²) in [5.41, 5.74) is 1.52. The molecule has 0 bridgehead atoms. The maximum atomic E-state index is 12.5. The van der Waals surface area contributed by atoms with E-state index in [0.29, 0.717) is 21.8 Å². The summed E-state index contributed by atoms with van der Waals surface area (Å²) in [5.74, 6) is -0.501. The summed E-state index contributed by atoms with van der Waals surface area (Å²) < 4.78 is 10.2. The highest BCUT2D eigenvalue weighted by Crippen LogP contribution is 2.28. The molecule has 2 aromatic carbocycles. The van der Waals surface area contributed by atoms with Crippen molar-refractivity contribution in [2.24, 2.45) is 0 Å². The summed E-state index contributed by atoms with van der Waals surface area (Å²) >= 11 is 1.36. The number of ether oxygens (including phenoxy) is 2. The van der Waals surface area contributed by atoms with Crippen LogP contribution in [0.15, 0.2) is 60.0 Å². The molecule has 0 radical (unpaired) electrons. The Morgan fingerprint density at radius 3 is 2.07 bits per heavy atom. The van der Waals surface area contributed by atoms with Gasteiger partial charge in [0.2, 0.25) is 0 Å². The monoisotopic (exact) mass is 410 g/mol. The van der Waals surface area contributed by atoms with Crippen LogP contribution in [0, 0.1) is 0 Å². The molecule has 3 aromatic rings. The molecule has 0 aliphatic rings. The molecule has 1 heterocycles. The second kappa shape index (κ2) is 9.03. The van der Waals surface area contributed by atoms with Crippen LogP contribution in [0.5, 0.6) is 11.5 Å². The Morgan fingerprint density at radius 2 is 1.52 bits per heavy atom. The number of rotatable bonds is 6. The lowest BCUT2D eigenvalue weighted by atomic mass is 10.1. The maximum Gasteiger partial charge on any atom is 0.308 e. The van der Waals surface area contributed by atoms with Crippen LogP contribution in [0.25, 0.3) is 0 Å². The molecule has 148 valence electrons. The summed E-state index contributed by atoms with van der Waals surface area (Å²) in [5, 5.41) is 7.39. The van der Waals surface area contributed by atoms with Crippen LogP contribution in [0.1, 0.15) is 27.0 Å². The molecule has 29 heavy (non-hydrogen) atoms. The fourth-order valence-corrected chi connectivity index (χ4v) is 3.11. The number of nitrogens with one attached hydrogen (secondary N) is 2. The van der Waals surface area contributed by atoms with E-state index >= 15 is 0 Å². The van der Waals surface area contributed by atoms with E-state index < -0.39 is 5.97 Å². The van der Waals surface area contributed by atoms with E-state index in [1.165, 1.54) is 43.6 Å². The average Bonchev–Trinajstić information content (AvgIpc) is 3.24. The Morgan fingerprint density at radius 1 is 0.862 bits per heavy atom. The van der Waals surface area contributed by atoms with E-state index in [-0.39, 0.29) is 23.3 Å². The molecule has 0 aliphatic carbocycles. The zero-order chi connectivity index (χ0) is 20.8. The van der Waals surface area contributed by atoms with Crippen molar-refractivity contribution in [3.8, 4) is 11.5 Å². The van der Waals surface area contributed by atoms with E-state index in [1.807, 2.05) is 11.4 Å². The minimum absolute atomic E-state index is 0.184. The fourth-order valence-electron chi connectivity index (χ4n) is 2.49. The zero-order valence-corrected chi connectivity index (χ0v) is 16.5. The molecule has 0 atom stereocenters. The second-order valence-electron chi connectivity index (χ2n) is 5.92. The number of anilines is 2. The molecule has 3 rings (SSSR count). The number of benzene rings is 2. The zero-order valence-electron chi connectivity index (χ0n) is 15.7. The average molecular weight is 410 g/mol. The van der Waals surface area contributed by atoms with Crippen molar-refractivity contribution < 1.29 is 23.9 Å². The number of methoxy groups -OCH3 is 1. The molecule has 0 spiro atoms. The molecule has 0 saturated heterocycles. The highest BCUT2D eigenvalue weighted by molar-refractivity contribution is 7.12. The van der Waals surface area contributed by atoms with Gasteiger partial charge in [-0.2, -0.15) is 0 Å². The first-order valence-electron chi connectivity index (χ1n) is 8.59. The molecular weight excluding hydrogens is 392 g/mol. The number of carbonyl (C=O) groups excluding carboxylic acids is 3. The van der Waals surface area contributed by atoms with Crippen molar-refractivity contribution in [2.45, 2.75) is 6.92 Å². The van der Waals surface area contributed by atoms with Gasteiger partial charge in [0.25, 0.3) is 11.8 Å². The van der Waals surface area contributed by atoms with E-state index in [9.17, 15) is 14.4 Å². The minimum Gasteiger partial charge on any atom is -0.493 e. The molecule has 8 heteroatoms. The van der Waals surface area contributed by atoms with Crippen LogP contribution in [0.2, 0.25) is 0 Å². The van der Waals surface area contributed by atoms with Crippen molar-refractivity contribution in [1.29, 1.82) is 0 Å². The lowest BCUT2D eigenvalue weighted by molar-refractivity contribution is -0.132. The lowest BCUT2D eigenvalue weighted by Crippen LogP contribution is -2.13.